The molecule has 0 saturated heterocycles. The Bertz CT molecular complexity index is 1050. The fraction of sp³-hybridized carbons (Fsp3) is 0.118. The zero-order valence-corrected chi connectivity index (χ0v) is 14.7. The van der Waals surface area contributed by atoms with Crippen LogP contribution in [0.25, 0.3) is 11.1 Å². The van der Waals surface area contributed by atoms with Crippen molar-refractivity contribution in [3.63, 3.8) is 0 Å². The number of rotatable bonds is 5. The van der Waals surface area contributed by atoms with Crippen LogP contribution in [0.5, 0.6) is 5.75 Å². The molecule has 27 heavy (non-hydrogen) atoms. The molecule has 8 nitrogen and oxygen atoms in total. The van der Waals surface area contributed by atoms with E-state index >= 15 is 0 Å². The van der Waals surface area contributed by atoms with Crippen LogP contribution in [0.2, 0.25) is 0 Å². The summed E-state index contributed by atoms with van der Waals surface area (Å²) in [6.07, 6.45) is 1.22. The van der Waals surface area contributed by atoms with Crippen molar-refractivity contribution in [2.75, 3.05) is 12.4 Å². The van der Waals surface area contributed by atoms with Gasteiger partial charge in [0.1, 0.15) is 28.3 Å². The maximum absolute atomic E-state index is 13.8. The van der Waals surface area contributed by atoms with E-state index in [1.807, 2.05) is 6.07 Å². The SMILES string of the molecule is COc1ccc(F)cc1-c1cc(C#N)ncc1C(=O)Nc1nnc(CO)s1. The molecule has 136 valence electrons. The van der Waals surface area contributed by atoms with Gasteiger partial charge in [0.2, 0.25) is 5.13 Å². The summed E-state index contributed by atoms with van der Waals surface area (Å²) in [5, 5.41) is 28.7. The van der Waals surface area contributed by atoms with E-state index in [2.05, 4.69) is 20.5 Å². The van der Waals surface area contributed by atoms with Crippen molar-refractivity contribution in [3.8, 4) is 22.9 Å². The van der Waals surface area contributed by atoms with Crippen LogP contribution < -0.4 is 10.1 Å². The lowest BCUT2D eigenvalue weighted by Crippen LogP contribution is -2.14. The Labute approximate surface area is 156 Å². The normalized spacial score (nSPS) is 10.3. The number of pyridine rings is 1. The third-order valence-electron chi connectivity index (χ3n) is 3.54. The Kier molecular flexibility index (Phi) is 5.35. The Morgan fingerprint density at radius 3 is 2.85 bits per heavy atom. The lowest BCUT2D eigenvalue weighted by atomic mass is 9.99. The average Bonchev–Trinajstić information content (AvgIpc) is 3.14. The van der Waals surface area contributed by atoms with E-state index in [0.29, 0.717) is 16.3 Å². The maximum Gasteiger partial charge on any atom is 0.259 e. The van der Waals surface area contributed by atoms with Gasteiger partial charge in [-0.15, -0.1) is 10.2 Å². The number of hydrogen-bond acceptors (Lipinski definition) is 8. The number of nitrogens with zero attached hydrogens (tertiary/aromatic N) is 4. The lowest BCUT2D eigenvalue weighted by Gasteiger charge is -2.13. The van der Waals surface area contributed by atoms with Gasteiger partial charge in [0.15, 0.2) is 0 Å². The highest BCUT2D eigenvalue weighted by Crippen LogP contribution is 2.33. The zero-order valence-electron chi connectivity index (χ0n) is 13.9. The average molecular weight is 385 g/mol. The molecule has 0 saturated carbocycles. The van der Waals surface area contributed by atoms with Gasteiger partial charge in [-0.25, -0.2) is 9.37 Å². The third-order valence-corrected chi connectivity index (χ3v) is 4.36. The topological polar surface area (TPSA) is 121 Å². The molecular weight excluding hydrogens is 373 g/mol. The van der Waals surface area contributed by atoms with Crippen LogP contribution in [0.3, 0.4) is 0 Å². The lowest BCUT2D eigenvalue weighted by molar-refractivity contribution is 0.102. The van der Waals surface area contributed by atoms with Crippen LogP contribution in [-0.4, -0.2) is 33.3 Å². The number of anilines is 1. The van der Waals surface area contributed by atoms with Crippen molar-refractivity contribution >= 4 is 22.4 Å². The minimum Gasteiger partial charge on any atom is -0.496 e. The quantitative estimate of drug-likeness (QED) is 0.691. The number of carbonyl (C=O) groups excluding carboxylic acids is 1. The molecule has 0 atom stereocenters. The molecule has 0 aliphatic carbocycles. The minimum absolute atomic E-state index is 0.0614. The second-order valence-electron chi connectivity index (χ2n) is 5.18. The van der Waals surface area contributed by atoms with Gasteiger partial charge in [0.05, 0.1) is 19.3 Å². The summed E-state index contributed by atoms with van der Waals surface area (Å²) in [6, 6.07) is 7.14. The van der Waals surface area contributed by atoms with Crippen molar-refractivity contribution < 1.29 is 19.0 Å². The standard InChI is InChI=1S/C17H12FN5O3S/c1-26-14-3-2-9(18)4-12(14)11-5-10(6-19)20-7-13(11)16(25)21-17-23-22-15(8-24)27-17/h2-5,7,24H,8H2,1H3,(H,21,23,25). The molecular formula is C17H12FN5O3S. The van der Waals surface area contributed by atoms with Gasteiger partial charge in [0, 0.05) is 17.3 Å². The Hall–Kier alpha value is -3.42. The van der Waals surface area contributed by atoms with Gasteiger partial charge in [-0.1, -0.05) is 11.3 Å². The molecule has 1 amide bonds. The summed E-state index contributed by atoms with van der Waals surface area (Å²) in [5.74, 6) is -0.767. The molecule has 1 aromatic carbocycles. The van der Waals surface area contributed by atoms with E-state index in [0.717, 1.165) is 11.3 Å². The van der Waals surface area contributed by atoms with E-state index in [-0.39, 0.29) is 28.6 Å². The monoisotopic (exact) mass is 385 g/mol. The van der Waals surface area contributed by atoms with Crippen LogP contribution in [0.4, 0.5) is 9.52 Å². The predicted molar refractivity (Wildman–Crippen MR) is 94.7 cm³/mol. The van der Waals surface area contributed by atoms with Gasteiger partial charge in [-0.05, 0) is 24.3 Å². The molecule has 0 bridgehead atoms. The number of aliphatic hydroxyl groups excluding tert-OH is 1. The third kappa shape index (κ3) is 3.89. The van der Waals surface area contributed by atoms with Crippen LogP contribution in [0, 0.1) is 17.1 Å². The highest BCUT2D eigenvalue weighted by Gasteiger charge is 2.19. The summed E-state index contributed by atoms with van der Waals surface area (Å²) >= 11 is 1.01. The molecule has 0 fully saturated rings. The van der Waals surface area contributed by atoms with Crippen LogP contribution in [0.1, 0.15) is 21.1 Å². The Morgan fingerprint density at radius 1 is 1.37 bits per heavy atom. The molecule has 3 rings (SSSR count). The van der Waals surface area contributed by atoms with Crippen LogP contribution in [0.15, 0.2) is 30.5 Å². The van der Waals surface area contributed by atoms with Gasteiger partial charge >= 0.3 is 0 Å². The van der Waals surface area contributed by atoms with Crippen molar-refractivity contribution in [1.29, 1.82) is 5.26 Å². The maximum atomic E-state index is 13.8. The van der Waals surface area contributed by atoms with Crippen molar-refractivity contribution in [1.82, 2.24) is 15.2 Å². The fourth-order valence-corrected chi connectivity index (χ4v) is 2.94. The molecule has 0 spiro atoms. The first-order valence-electron chi connectivity index (χ1n) is 7.54. The molecule has 2 aromatic heterocycles. The number of carbonyl (C=O) groups is 1. The minimum atomic E-state index is -0.575. The summed E-state index contributed by atoms with van der Waals surface area (Å²) in [6.45, 7) is -0.294. The first kappa shape index (κ1) is 18.4. The molecule has 0 aliphatic heterocycles. The number of halogens is 1. The molecule has 2 heterocycles. The number of hydrogen-bond donors (Lipinski definition) is 2. The first-order valence-corrected chi connectivity index (χ1v) is 8.36. The summed E-state index contributed by atoms with van der Waals surface area (Å²) in [5.41, 5.74) is 0.738. The molecule has 0 aliphatic rings. The second kappa shape index (κ2) is 7.86. The van der Waals surface area contributed by atoms with Crippen molar-refractivity contribution in [2.45, 2.75) is 6.61 Å². The first-order chi connectivity index (χ1) is 13.0. The number of aliphatic hydroxyl groups is 1. The number of nitrogens with one attached hydrogen (secondary N) is 1. The smallest absolute Gasteiger partial charge is 0.259 e. The Balaban J connectivity index is 2.07. The summed E-state index contributed by atoms with van der Waals surface area (Å²) < 4.78 is 19.0. The Morgan fingerprint density at radius 2 is 2.19 bits per heavy atom. The van der Waals surface area contributed by atoms with Gasteiger partial charge in [-0.2, -0.15) is 5.26 Å². The molecule has 3 aromatic rings. The molecule has 0 radical (unpaired) electrons. The van der Waals surface area contributed by atoms with Crippen molar-refractivity contribution in [3.05, 3.63) is 52.5 Å². The molecule has 10 heteroatoms. The predicted octanol–water partition coefficient (Wildman–Crippen LogP) is 2.36. The summed E-state index contributed by atoms with van der Waals surface area (Å²) in [7, 11) is 1.42. The highest BCUT2D eigenvalue weighted by atomic mass is 32.1. The molecule has 0 unspecified atom stereocenters. The fourth-order valence-electron chi connectivity index (χ4n) is 2.34. The van der Waals surface area contributed by atoms with Crippen LogP contribution in [-0.2, 0) is 6.61 Å². The van der Waals surface area contributed by atoms with E-state index in [9.17, 15) is 9.18 Å². The largest absolute Gasteiger partial charge is 0.496 e. The molecule has 2 N–H and O–H groups in total. The van der Waals surface area contributed by atoms with Gasteiger partial charge in [-0.3, -0.25) is 10.1 Å². The highest BCUT2D eigenvalue weighted by molar-refractivity contribution is 7.15. The van der Waals surface area contributed by atoms with Crippen molar-refractivity contribution in [2.24, 2.45) is 0 Å². The number of ether oxygens (including phenoxy) is 1. The zero-order chi connectivity index (χ0) is 19.4. The number of nitriles is 1. The van der Waals surface area contributed by atoms with E-state index in [4.69, 9.17) is 15.1 Å². The van der Waals surface area contributed by atoms with Crippen LogP contribution >= 0.6 is 11.3 Å². The number of benzene rings is 1. The summed E-state index contributed by atoms with van der Waals surface area (Å²) in [4.78, 5) is 16.6. The second-order valence-corrected chi connectivity index (χ2v) is 6.25. The van der Waals surface area contributed by atoms with E-state index in [1.54, 1.807) is 0 Å². The number of methoxy groups -OCH3 is 1. The number of aromatic nitrogens is 3. The van der Waals surface area contributed by atoms with E-state index in [1.165, 1.54) is 37.6 Å². The van der Waals surface area contributed by atoms with Gasteiger partial charge in [0.25, 0.3) is 5.91 Å². The van der Waals surface area contributed by atoms with Gasteiger partial charge < -0.3 is 9.84 Å². The number of amides is 1. The van der Waals surface area contributed by atoms with E-state index < -0.39 is 11.7 Å².